The van der Waals surface area contributed by atoms with E-state index in [0.29, 0.717) is 11.9 Å². The van der Waals surface area contributed by atoms with Crippen molar-refractivity contribution in [1.29, 1.82) is 0 Å². The Kier molecular flexibility index (Phi) is 5.00. The highest BCUT2D eigenvalue weighted by Gasteiger charge is 2.23. The van der Waals surface area contributed by atoms with Gasteiger partial charge in [-0.2, -0.15) is 4.98 Å². The number of aromatic nitrogens is 2. The van der Waals surface area contributed by atoms with Crippen molar-refractivity contribution in [1.82, 2.24) is 9.97 Å². The van der Waals surface area contributed by atoms with Gasteiger partial charge in [0.15, 0.2) is 0 Å². The summed E-state index contributed by atoms with van der Waals surface area (Å²) in [6, 6.07) is 8.23. The van der Waals surface area contributed by atoms with Crippen molar-refractivity contribution in [3.63, 3.8) is 0 Å². The van der Waals surface area contributed by atoms with Gasteiger partial charge in [0.05, 0.1) is 12.0 Å². The van der Waals surface area contributed by atoms with Gasteiger partial charge < -0.3 is 9.64 Å². The Morgan fingerprint density at radius 1 is 1.19 bits per heavy atom. The van der Waals surface area contributed by atoms with Gasteiger partial charge in [0.1, 0.15) is 16.4 Å². The molecule has 0 N–H and O–H groups in total. The summed E-state index contributed by atoms with van der Waals surface area (Å²) in [5.41, 5.74) is 2.32. The van der Waals surface area contributed by atoms with Crippen molar-refractivity contribution in [3.8, 4) is 16.9 Å². The molecule has 0 radical (unpaired) electrons. The summed E-state index contributed by atoms with van der Waals surface area (Å²) < 4.78 is 5.56. The fourth-order valence-corrected chi connectivity index (χ4v) is 4.61. The number of rotatable bonds is 4. The molecule has 1 aliphatic rings. The van der Waals surface area contributed by atoms with E-state index in [2.05, 4.69) is 39.3 Å². The predicted molar refractivity (Wildman–Crippen MR) is 110 cm³/mol. The highest BCUT2D eigenvalue weighted by molar-refractivity contribution is 7.17. The van der Waals surface area contributed by atoms with E-state index in [1.165, 1.54) is 18.4 Å². The topological polar surface area (TPSA) is 38.3 Å². The minimum absolute atomic E-state index is 0.325. The summed E-state index contributed by atoms with van der Waals surface area (Å²) in [4.78, 5) is 12.4. The number of fused-ring (bicyclic) bond motifs is 1. The molecule has 136 valence electrons. The van der Waals surface area contributed by atoms with Crippen molar-refractivity contribution in [3.05, 3.63) is 34.9 Å². The molecule has 0 saturated carbocycles. The highest BCUT2D eigenvalue weighted by Crippen LogP contribution is 2.40. The van der Waals surface area contributed by atoms with Gasteiger partial charge in [-0.1, -0.05) is 19.1 Å². The Bertz CT molecular complexity index is 901. The van der Waals surface area contributed by atoms with Gasteiger partial charge in [0.25, 0.3) is 0 Å². The van der Waals surface area contributed by atoms with Crippen molar-refractivity contribution >= 4 is 39.0 Å². The van der Waals surface area contributed by atoms with E-state index >= 15 is 0 Å². The maximum absolute atomic E-state index is 6.22. The number of halogens is 1. The average Bonchev–Trinajstić information content (AvgIpc) is 3.06. The number of thiophene rings is 1. The third-order valence-corrected chi connectivity index (χ3v) is 5.99. The van der Waals surface area contributed by atoms with E-state index in [1.54, 1.807) is 11.3 Å². The molecule has 1 saturated heterocycles. The van der Waals surface area contributed by atoms with Crippen LogP contribution < -0.4 is 9.64 Å². The first kappa shape index (κ1) is 17.6. The number of piperidine rings is 1. The number of nitrogens with zero attached hydrogens (tertiary/aromatic N) is 3. The lowest BCUT2D eigenvalue weighted by atomic mass is 9.98. The van der Waals surface area contributed by atoms with Crippen molar-refractivity contribution in [2.45, 2.75) is 26.7 Å². The van der Waals surface area contributed by atoms with Crippen LogP contribution in [0.4, 0.5) is 5.82 Å². The van der Waals surface area contributed by atoms with Gasteiger partial charge >= 0.3 is 0 Å². The molecule has 4 rings (SSSR count). The van der Waals surface area contributed by atoms with Crippen LogP contribution in [0.15, 0.2) is 29.6 Å². The Morgan fingerprint density at radius 3 is 2.62 bits per heavy atom. The molecule has 1 fully saturated rings. The first-order valence-corrected chi connectivity index (χ1v) is 10.3. The lowest BCUT2D eigenvalue weighted by molar-refractivity contribution is 0.340. The Labute approximate surface area is 162 Å². The molecule has 2 aromatic heterocycles. The highest BCUT2D eigenvalue weighted by atomic mass is 35.5. The molecular weight excluding hydrogens is 366 g/mol. The number of anilines is 1. The first-order chi connectivity index (χ1) is 12.7. The molecule has 0 amide bonds. The van der Waals surface area contributed by atoms with Gasteiger partial charge in [-0.25, -0.2) is 4.98 Å². The summed E-state index contributed by atoms with van der Waals surface area (Å²) in [6.07, 6.45) is 2.37. The molecule has 6 heteroatoms. The van der Waals surface area contributed by atoms with Gasteiger partial charge in [-0.3, -0.25) is 0 Å². The molecule has 0 aliphatic carbocycles. The molecule has 26 heavy (non-hydrogen) atoms. The van der Waals surface area contributed by atoms with Gasteiger partial charge in [-0.05, 0) is 55.0 Å². The zero-order chi connectivity index (χ0) is 18.1. The quantitative estimate of drug-likeness (QED) is 0.542. The Hall–Kier alpha value is -1.85. The zero-order valence-corrected chi connectivity index (χ0v) is 16.6. The van der Waals surface area contributed by atoms with E-state index in [9.17, 15) is 0 Å². The normalized spacial score (nSPS) is 15.6. The van der Waals surface area contributed by atoms with Gasteiger partial charge in [-0.15, -0.1) is 11.3 Å². The first-order valence-electron chi connectivity index (χ1n) is 9.08. The molecule has 0 atom stereocenters. The van der Waals surface area contributed by atoms with E-state index in [0.717, 1.165) is 46.4 Å². The largest absolute Gasteiger partial charge is 0.494 e. The predicted octanol–water partition coefficient (Wildman–Crippen LogP) is 5.65. The molecule has 1 aromatic carbocycles. The third kappa shape index (κ3) is 3.38. The monoisotopic (exact) mass is 387 g/mol. The van der Waals surface area contributed by atoms with Gasteiger partial charge in [0, 0.05) is 24.0 Å². The van der Waals surface area contributed by atoms with Crippen LogP contribution in [0.3, 0.4) is 0 Å². The van der Waals surface area contributed by atoms with Crippen LogP contribution in [-0.2, 0) is 0 Å². The molecular formula is C20H22ClN3OS. The maximum Gasteiger partial charge on any atom is 0.225 e. The zero-order valence-electron chi connectivity index (χ0n) is 15.0. The number of ether oxygens (including phenoxy) is 1. The fraction of sp³-hybridized carbons (Fsp3) is 0.400. The van der Waals surface area contributed by atoms with Crippen LogP contribution in [-0.4, -0.2) is 29.7 Å². The minimum Gasteiger partial charge on any atom is -0.494 e. The molecule has 4 nitrogen and oxygen atoms in total. The average molecular weight is 388 g/mol. The second kappa shape index (κ2) is 7.41. The van der Waals surface area contributed by atoms with Crippen molar-refractivity contribution < 1.29 is 4.74 Å². The van der Waals surface area contributed by atoms with Crippen LogP contribution in [0.1, 0.15) is 26.7 Å². The second-order valence-electron chi connectivity index (χ2n) is 6.77. The fourth-order valence-electron chi connectivity index (χ4n) is 3.46. The molecule has 3 heterocycles. The lowest BCUT2D eigenvalue weighted by Crippen LogP contribution is -2.33. The van der Waals surface area contributed by atoms with Crippen LogP contribution in [0.2, 0.25) is 5.28 Å². The van der Waals surface area contributed by atoms with Crippen LogP contribution in [0, 0.1) is 5.92 Å². The van der Waals surface area contributed by atoms with Crippen molar-refractivity contribution in [2.24, 2.45) is 5.92 Å². The molecule has 1 aliphatic heterocycles. The molecule has 0 bridgehead atoms. The lowest BCUT2D eigenvalue weighted by Gasteiger charge is -2.31. The minimum atomic E-state index is 0.325. The van der Waals surface area contributed by atoms with E-state index < -0.39 is 0 Å². The Morgan fingerprint density at radius 2 is 1.92 bits per heavy atom. The number of hydrogen-bond acceptors (Lipinski definition) is 5. The summed E-state index contributed by atoms with van der Waals surface area (Å²) in [5.74, 6) is 2.63. The van der Waals surface area contributed by atoms with Crippen molar-refractivity contribution in [2.75, 3.05) is 24.6 Å². The second-order valence-corrected chi connectivity index (χ2v) is 7.97. The molecule has 0 unspecified atom stereocenters. The molecule has 0 spiro atoms. The summed E-state index contributed by atoms with van der Waals surface area (Å²) in [5, 5.41) is 3.59. The smallest absolute Gasteiger partial charge is 0.225 e. The third-order valence-electron chi connectivity index (χ3n) is 4.95. The van der Waals surface area contributed by atoms with Crippen LogP contribution >= 0.6 is 22.9 Å². The summed E-state index contributed by atoms with van der Waals surface area (Å²) in [7, 11) is 0. The SMILES string of the molecule is CCOc1ccc(-c2csc3nc(Cl)nc(N4CCC(C)CC4)c23)cc1. The maximum atomic E-state index is 6.22. The Balaban J connectivity index is 1.78. The van der Waals surface area contributed by atoms with Crippen LogP contribution in [0.5, 0.6) is 5.75 Å². The number of hydrogen-bond donors (Lipinski definition) is 0. The van der Waals surface area contributed by atoms with Gasteiger partial charge in [0.2, 0.25) is 5.28 Å². The number of benzene rings is 1. The summed E-state index contributed by atoms with van der Waals surface area (Å²) >= 11 is 7.85. The summed E-state index contributed by atoms with van der Waals surface area (Å²) in [6.45, 7) is 7.01. The van der Waals surface area contributed by atoms with E-state index in [-0.39, 0.29) is 0 Å². The van der Waals surface area contributed by atoms with E-state index in [4.69, 9.17) is 16.3 Å². The van der Waals surface area contributed by atoms with E-state index in [1.807, 2.05) is 19.1 Å². The molecule has 3 aromatic rings. The standard InChI is InChI=1S/C20H22ClN3OS/c1-3-25-15-6-4-14(5-7-15)16-12-26-19-17(16)18(22-20(21)23-19)24-10-8-13(2)9-11-24/h4-7,12-13H,3,8-11H2,1-2H3. The van der Waals surface area contributed by atoms with Crippen LogP contribution in [0.25, 0.3) is 21.3 Å².